The second kappa shape index (κ2) is 5.87. The van der Waals surface area contributed by atoms with Gasteiger partial charge in [-0.1, -0.05) is 45.9 Å². The number of carboxylic acids is 1. The summed E-state index contributed by atoms with van der Waals surface area (Å²) >= 11 is 0. The van der Waals surface area contributed by atoms with Crippen LogP contribution in [0.3, 0.4) is 0 Å². The molecule has 26 heavy (non-hydrogen) atoms. The maximum atomic E-state index is 11.3. The number of benzene rings is 1. The van der Waals surface area contributed by atoms with Gasteiger partial charge < -0.3 is 9.84 Å². The van der Waals surface area contributed by atoms with E-state index in [1.165, 1.54) is 29.5 Å². The topological polar surface area (TPSA) is 46.5 Å². The fourth-order valence-electron chi connectivity index (χ4n) is 5.27. The number of aliphatic carboxylic acids is 1. The summed E-state index contributed by atoms with van der Waals surface area (Å²) in [6, 6.07) is 7.06. The highest BCUT2D eigenvalue weighted by atomic mass is 16.5. The van der Waals surface area contributed by atoms with Gasteiger partial charge in [-0.15, -0.1) is 0 Å². The Morgan fingerprint density at radius 3 is 2.46 bits per heavy atom. The SMILES string of the molecule is CC1(C)CCC(C)(C)c2cc(C3CCCC4OC(C(=O)O)=CC43)ccc21. The lowest BCUT2D eigenvalue weighted by atomic mass is 9.62. The van der Waals surface area contributed by atoms with E-state index in [1.54, 1.807) is 0 Å². The van der Waals surface area contributed by atoms with Gasteiger partial charge in [-0.05, 0) is 71.6 Å². The monoisotopic (exact) mass is 354 g/mol. The number of rotatable bonds is 2. The molecule has 3 nitrogen and oxygen atoms in total. The molecule has 4 rings (SSSR count). The van der Waals surface area contributed by atoms with Crippen molar-refractivity contribution in [1.29, 1.82) is 0 Å². The maximum Gasteiger partial charge on any atom is 0.370 e. The van der Waals surface area contributed by atoms with E-state index < -0.39 is 5.97 Å². The number of ether oxygens (including phenoxy) is 1. The summed E-state index contributed by atoms with van der Waals surface area (Å²) in [5.74, 6) is -0.248. The van der Waals surface area contributed by atoms with E-state index in [2.05, 4.69) is 45.9 Å². The fourth-order valence-corrected chi connectivity index (χ4v) is 5.27. The van der Waals surface area contributed by atoms with Crippen LogP contribution in [0.15, 0.2) is 30.0 Å². The molecule has 1 N–H and O–H groups in total. The van der Waals surface area contributed by atoms with Gasteiger partial charge in [0, 0.05) is 5.92 Å². The van der Waals surface area contributed by atoms with Crippen LogP contribution in [0.4, 0.5) is 0 Å². The normalized spacial score (nSPS) is 31.4. The number of carboxylic acid groups (broad SMARTS) is 1. The Morgan fingerprint density at radius 2 is 1.77 bits per heavy atom. The molecular weight excluding hydrogens is 324 g/mol. The quantitative estimate of drug-likeness (QED) is 0.785. The van der Waals surface area contributed by atoms with Crippen LogP contribution in [0.1, 0.15) is 82.4 Å². The molecule has 3 heteroatoms. The van der Waals surface area contributed by atoms with Gasteiger partial charge in [-0.2, -0.15) is 0 Å². The molecule has 0 radical (unpaired) electrons. The van der Waals surface area contributed by atoms with E-state index in [9.17, 15) is 9.90 Å². The van der Waals surface area contributed by atoms with E-state index in [-0.39, 0.29) is 28.6 Å². The molecule has 2 aliphatic carbocycles. The van der Waals surface area contributed by atoms with Crippen LogP contribution in [0.5, 0.6) is 0 Å². The lowest BCUT2D eigenvalue weighted by Gasteiger charge is -2.43. The molecule has 0 aromatic heterocycles. The van der Waals surface area contributed by atoms with Gasteiger partial charge in [0.25, 0.3) is 0 Å². The Balaban J connectivity index is 1.74. The van der Waals surface area contributed by atoms with Crippen LogP contribution in [0.2, 0.25) is 0 Å². The summed E-state index contributed by atoms with van der Waals surface area (Å²) in [6.45, 7) is 9.42. The summed E-state index contributed by atoms with van der Waals surface area (Å²) in [5.41, 5.74) is 4.74. The van der Waals surface area contributed by atoms with Crippen LogP contribution in [-0.4, -0.2) is 17.2 Å². The zero-order valence-corrected chi connectivity index (χ0v) is 16.3. The molecule has 3 aliphatic rings. The first-order valence-corrected chi connectivity index (χ1v) is 9.96. The predicted molar refractivity (Wildman–Crippen MR) is 102 cm³/mol. The summed E-state index contributed by atoms with van der Waals surface area (Å²) in [6.07, 6.45) is 7.48. The van der Waals surface area contributed by atoms with Crippen molar-refractivity contribution < 1.29 is 14.6 Å². The zero-order chi connectivity index (χ0) is 18.7. The molecule has 0 bridgehead atoms. The predicted octanol–water partition coefficient (Wildman–Crippen LogP) is 5.29. The molecule has 1 saturated carbocycles. The third-order valence-corrected chi connectivity index (χ3v) is 7.04. The van der Waals surface area contributed by atoms with Crippen LogP contribution in [0.25, 0.3) is 0 Å². The molecule has 3 atom stereocenters. The van der Waals surface area contributed by atoms with Crippen LogP contribution >= 0.6 is 0 Å². The van der Waals surface area contributed by atoms with Crippen LogP contribution in [0, 0.1) is 5.92 Å². The maximum absolute atomic E-state index is 11.3. The minimum Gasteiger partial charge on any atom is -0.483 e. The van der Waals surface area contributed by atoms with Crippen molar-refractivity contribution >= 4 is 5.97 Å². The molecule has 0 saturated heterocycles. The first kappa shape index (κ1) is 17.6. The molecule has 140 valence electrons. The number of hydrogen-bond donors (Lipinski definition) is 1. The highest BCUT2D eigenvalue weighted by Gasteiger charge is 2.42. The average Bonchev–Trinajstić information content (AvgIpc) is 3.03. The van der Waals surface area contributed by atoms with Gasteiger partial charge in [0.1, 0.15) is 6.10 Å². The molecule has 1 aliphatic heterocycles. The highest BCUT2D eigenvalue weighted by Crippen LogP contribution is 2.49. The standard InChI is InChI=1S/C23H30O3/c1-22(2)10-11-23(3,4)18-12-14(8-9-17(18)22)15-6-5-7-19-16(15)13-20(26-19)21(24)25/h8-9,12-13,15-16,19H,5-7,10-11H2,1-4H3,(H,24,25). The Kier molecular flexibility index (Phi) is 3.98. The van der Waals surface area contributed by atoms with Gasteiger partial charge >= 0.3 is 5.97 Å². The van der Waals surface area contributed by atoms with Gasteiger partial charge in [0.15, 0.2) is 0 Å². The first-order valence-electron chi connectivity index (χ1n) is 9.96. The van der Waals surface area contributed by atoms with Gasteiger partial charge in [0.2, 0.25) is 5.76 Å². The lowest BCUT2D eigenvalue weighted by Crippen LogP contribution is -2.34. The van der Waals surface area contributed by atoms with E-state index >= 15 is 0 Å². The molecule has 3 unspecified atom stereocenters. The largest absolute Gasteiger partial charge is 0.483 e. The molecule has 1 aromatic rings. The zero-order valence-electron chi connectivity index (χ0n) is 16.3. The molecule has 1 fully saturated rings. The van der Waals surface area contributed by atoms with E-state index in [1.807, 2.05) is 6.08 Å². The van der Waals surface area contributed by atoms with Gasteiger partial charge in [-0.3, -0.25) is 0 Å². The van der Waals surface area contributed by atoms with Crippen molar-refractivity contribution in [2.75, 3.05) is 0 Å². The molecule has 1 aromatic carbocycles. The third-order valence-electron chi connectivity index (χ3n) is 7.04. The Bertz CT molecular complexity index is 772. The van der Waals surface area contributed by atoms with Crippen molar-refractivity contribution in [3.63, 3.8) is 0 Å². The number of hydrogen-bond acceptors (Lipinski definition) is 2. The molecular formula is C23H30O3. The van der Waals surface area contributed by atoms with Crippen molar-refractivity contribution in [2.24, 2.45) is 5.92 Å². The van der Waals surface area contributed by atoms with Crippen molar-refractivity contribution in [1.82, 2.24) is 0 Å². The van der Waals surface area contributed by atoms with Crippen molar-refractivity contribution in [3.05, 3.63) is 46.7 Å². The minimum absolute atomic E-state index is 0.0281. The fraction of sp³-hybridized carbons (Fsp3) is 0.609. The van der Waals surface area contributed by atoms with Crippen molar-refractivity contribution in [2.45, 2.75) is 82.7 Å². The summed E-state index contributed by atoms with van der Waals surface area (Å²) in [5, 5.41) is 9.31. The Labute approximate surface area is 156 Å². The number of fused-ring (bicyclic) bond motifs is 2. The highest BCUT2D eigenvalue weighted by molar-refractivity contribution is 5.84. The van der Waals surface area contributed by atoms with Gasteiger partial charge in [-0.25, -0.2) is 4.79 Å². The summed E-state index contributed by atoms with van der Waals surface area (Å²) in [7, 11) is 0. The van der Waals surface area contributed by atoms with E-state index in [0.29, 0.717) is 5.92 Å². The average molecular weight is 354 g/mol. The molecule has 0 spiro atoms. The van der Waals surface area contributed by atoms with Crippen LogP contribution < -0.4 is 0 Å². The van der Waals surface area contributed by atoms with Crippen molar-refractivity contribution in [3.8, 4) is 0 Å². The first-order chi connectivity index (χ1) is 12.2. The smallest absolute Gasteiger partial charge is 0.370 e. The van der Waals surface area contributed by atoms with Gasteiger partial charge in [0.05, 0.1) is 0 Å². The minimum atomic E-state index is -0.938. The second-order valence-electron chi connectivity index (χ2n) is 9.68. The third kappa shape index (κ3) is 2.76. The summed E-state index contributed by atoms with van der Waals surface area (Å²) < 4.78 is 5.73. The van der Waals surface area contributed by atoms with Crippen LogP contribution in [-0.2, 0) is 20.4 Å². The second-order valence-corrected chi connectivity index (χ2v) is 9.68. The molecule has 0 amide bonds. The Hall–Kier alpha value is -1.77. The van der Waals surface area contributed by atoms with E-state index in [0.717, 1.165) is 19.3 Å². The molecule has 1 heterocycles. The Morgan fingerprint density at radius 1 is 1.08 bits per heavy atom. The summed E-state index contributed by atoms with van der Waals surface area (Å²) in [4.78, 5) is 11.3. The van der Waals surface area contributed by atoms with E-state index in [4.69, 9.17) is 4.74 Å². The lowest BCUT2D eigenvalue weighted by molar-refractivity contribution is -0.137. The number of carbonyl (C=O) groups is 1.